The zero-order valence-electron chi connectivity index (χ0n) is 14.9. The van der Waals surface area contributed by atoms with Crippen LogP contribution in [0.2, 0.25) is 0 Å². The lowest BCUT2D eigenvalue weighted by Gasteiger charge is -2.26. The van der Waals surface area contributed by atoms with Crippen LogP contribution in [0.1, 0.15) is 53.9 Å². The molecular weight excluding hydrogens is 370 g/mol. The lowest BCUT2D eigenvalue weighted by atomic mass is 9.85. The quantitative estimate of drug-likeness (QED) is 0.695. The minimum Gasteiger partial charge on any atom is -0.381 e. The van der Waals surface area contributed by atoms with E-state index in [2.05, 4.69) is 21.5 Å². The Balaban J connectivity index is 1.84. The van der Waals surface area contributed by atoms with E-state index in [0.717, 1.165) is 25.7 Å². The molecule has 10 heteroatoms. The number of hydrogen-bond acceptors (Lipinski definition) is 6. The molecule has 0 bridgehead atoms. The lowest BCUT2D eigenvalue weighted by Crippen LogP contribution is -2.22. The fourth-order valence-corrected chi connectivity index (χ4v) is 3.33. The highest BCUT2D eigenvalue weighted by atomic mass is 19.3. The van der Waals surface area contributed by atoms with E-state index >= 15 is 0 Å². The SMILES string of the molecule is N#CC1CCCCC1n1cc(C(N)=O)c(Nc2ccc(C(O)C(F)F)nc2)n1. The van der Waals surface area contributed by atoms with Crippen LogP contribution in [0.5, 0.6) is 0 Å². The average molecular weight is 390 g/mol. The standard InChI is InChI=1S/C18H20F2N6O2/c19-16(20)15(27)13-6-5-11(8-23-13)24-18-12(17(22)28)9-26(25-18)14-4-2-1-3-10(14)7-21/h5-6,8-10,14-16,27H,1-4H2,(H2,22,28)(H,24,25). The van der Waals surface area contributed by atoms with Crippen molar-refractivity contribution < 1.29 is 18.7 Å². The molecule has 4 N–H and O–H groups in total. The number of nitrogens with one attached hydrogen (secondary N) is 1. The molecule has 2 heterocycles. The number of anilines is 2. The predicted octanol–water partition coefficient (Wildman–Crippen LogP) is 2.67. The molecule has 1 aliphatic carbocycles. The molecule has 148 valence electrons. The van der Waals surface area contributed by atoms with Crippen LogP contribution in [-0.4, -0.2) is 32.2 Å². The number of nitriles is 1. The maximum absolute atomic E-state index is 12.6. The molecule has 1 aliphatic rings. The fourth-order valence-electron chi connectivity index (χ4n) is 3.33. The molecule has 28 heavy (non-hydrogen) atoms. The molecule has 0 saturated heterocycles. The Morgan fingerprint density at radius 2 is 2.14 bits per heavy atom. The van der Waals surface area contributed by atoms with E-state index in [0.29, 0.717) is 5.69 Å². The van der Waals surface area contributed by atoms with Gasteiger partial charge in [-0.3, -0.25) is 14.5 Å². The highest BCUT2D eigenvalue weighted by Gasteiger charge is 2.29. The number of nitrogens with two attached hydrogens (primary N) is 1. The van der Waals surface area contributed by atoms with E-state index in [-0.39, 0.29) is 29.0 Å². The number of hydrogen-bond donors (Lipinski definition) is 3. The number of aromatic nitrogens is 3. The summed E-state index contributed by atoms with van der Waals surface area (Å²) in [5, 5.41) is 26.0. The Morgan fingerprint density at radius 1 is 1.39 bits per heavy atom. The monoisotopic (exact) mass is 390 g/mol. The van der Waals surface area contributed by atoms with Crippen molar-refractivity contribution >= 4 is 17.4 Å². The van der Waals surface area contributed by atoms with Gasteiger partial charge in [-0.2, -0.15) is 10.4 Å². The summed E-state index contributed by atoms with van der Waals surface area (Å²) < 4.78 is 26.7. The summed E-state index contributed by atoms with van der Waals surface area (Å²) in [5.41, 5.74) is 5.82. The minimum absolute atomic E-state index is 0.144. The van der Waals surface area contributed by atoms with Gasteiger partial charge in [-0.1, -0.05) is 12.8 Å². The van der Waals surface area contributed by atoms with Gasteiger partial charge in [0.1, 0.15) is 5.56 Å². The number of rotatable bonds is 6. The number of pyridine rings is 1. The molecular formula is C18H20F2N6O2. The summed E-state index contributed by atoms with van der Waals surface area (Å²) in [6.07, 6.45) is 1.36. The number of alkyl halides is 2. The van der Waals surface area contributed by atoms with Crippen molar-refractivity contribution in [3.8, 4) is 6.07 Å². The van der Waals surface area contributed by atoms with Crippen LogP contribution in [0.4, 0.5) is 20.3 Å². The minimum atomic E-state index is -2.94. The van der Waals surface area contributed by atoms with Crippen LogP contribution in [0, 0.1) is 17.2 Å². The maximum Gasteiger partial charge on any atom is 0.269 e. The lowest BCUT2D eigenvalue weighted by molar-refractivity contribution is -0.00819. The van der Waals surface area contributed by atoms with E-state index in [1.54, 1.807) is 4.68 Å². The van der Waals surface area contributed by atoms with Gasteiger partial charge in [0.2, 0.25) is 0 Å². The first-order valence-corrected chi connectivity index (χ1v) is 8.88. The molecule has 1 fully saturated rings. The third-order valence-corrected chi connectivity index (χ3v) is 4.82. The third-order valence-electron chi connectivity index (χ3n) is 4.82. The van der Waals surface area contributed by atoms with Gasteiger partial charge in [-0.25, -0.2) is 8.78 Å². The summed E-state index contributed by atoms with van der Waals surface area (Å²) >= 11 is 0. The molecule has 1 amide bonds. The van der Waals surface area contributed by atoms with Crippen molar-refractivity contribution in [3.05, 3.63) is 35.8 Å². The van der Waals surface area contributed by atoms with Crippen LogP contribution in [0.3, 0.4) is 0 Å². The molecule has 0 aliphatic heterocycles. The van der Waals surface area contributed by atoms with Crippen LogP contribution < -0.4 is 11.1 Å². The van der Waals surface area contributed by atoms with Gasteiger partial charge >= 0.3 is 0 Å². The van der Waals surface area contributed by atoms with Crippen LogP contribution in [-0.2, 0) is 0 Å². The Hall–Kier alpha value is -3.06. The Kier molecular flexibility index (Phi) is 5.84. The molecule has 0 spiro atoms. The van der Waals surface area contributed by atoms with E-state index in [9.17, 15) is 23.9 Å². The Morgan fingerprint density at radius 3 is 2.75 bits per heavy atom. The van der Waals surface area contributed by atoms with Gasteiger partial charge in [0, 0.05) is 6.20 Å². The smallest absolute Gasteiger partial charge is 0.269 e. The summed E-state index contributed by atoms with van der Waals surface area (Å²) in [7, 11) is 0. The number of amides is 1. The van der Waals surface area contributed by atoms with Crippen molar-refractivity contribution in [1.82, 2.24) is 14.8 Å². The molecule has 0 aromatic carbocycles. The highest BCUT2D eigenvalue weighted by molar-refractivity contribution is 5.98. The fraction of sp³-hybridized carbons (Fsp3) is 0.444. The van der Waals surface area contributed by atoms with Crippen molar-refractivity contribution in [3.63, 3.8) is 0 Å². The van der Waals surface area contributed by atoms with Crippen molar-refractivity contribution in [2.75, 3.05) is 5.32 Å². The van der Waals surface area contributed by atoms with E-state index < -0.39 is 18.4 Å². The summed E-state index contributed by atoms with van der Waals surface area (Å²) in [5.74, 6) is -0.687. The number of primary amides is 1. The maximum atomic E-state index is 12.6. The van der Waals surface area contributed by atoms with Crippen LogP contribution in [0.25, 0.3) is 0 Å². The first kappa shape index (κ1) is 19.7. The van der Waals surface area contributed by atoms with E-state index in [4.69, 9.17) is 5.73 Å². The van der Waals surface area contributed by atoms with Crippen molar-refractivity contribution in [2.24, 2.45) is 11.7 Å². The zero-order chi connectivity index (χ0) is 20.3. The summed E-state index contributed by atoms with van der Waals surface area (Å²) in [6, 6.07) is 4.85. The third kappa shape index (κ3) is 4.09. The van der Waals surface area contributed by atoms with Crippen molar-refractivity contribution in [1.29, 1.82) is 5.26 Å². The van der Waals surface area contributed by atoms with Crippen LogP contribution >= 0.6 is 0 Å². The molecule has 1 saturated carbocycles. The van der Waals surface area contributed by atoms with Gasteiger partial charge < -0.3 is 16.2 Å². The summed E-state index contributed by atoms with van der Waals surface area (Å²) in [4.78, 5) is 15.6. The number of aliphatic hydroxyl groups excluding tert-OH is 1. The molecule has 3 unspecified atom stereocenters. The second kappa shape index (κ2) is 8.31. The zero-order valence-corrected chi connectivity index (χ0v) is 14.9. The number of carbonyl (C=O) groups excluding carboxylic acids is 1. The van der Waals surface area contributed by atoms with Gasteiger partial charge in [0.25, 0.3) is 12.3 Å². The Bertz CT molecular complexity index is 877. The van der Waals surface area contributed by atoms with E-state index in [1.807, 2.05) is 0 Å². The molecule has 3 rings (SSSR count). The topological polar surface area (TPSA) is 130 Å². The van der Waals surface area contributed by atoms with Gasteiger partial charge in [0.15, 0.2) is 11.9 Å². The first-order valence-electron chi connectivity index (χ1n) is 8.88. The number of nitrogens with zero attached hydrogens (tertiary/aromatic N) is 4. The molecule has 0 radical (unpaired) electrons. The summed E-state index contributed by atoms with van der Waals surface area (Å²) in [6.45, 7) is 0. The Labute approximate surface area is 160 Å². The molecule has 8 nitrogen and oxygen atoms in total. The average Bonchev–Trinajstić information content (AvgIpc) is 3.11. The van der Waals surface area contributed by atoms with Gasteiger partial charge in [-0.15, -0.1) is 0 Å². The molecule has 2 aromatic rings. The number of carbonyl (C=O) groups is 1. The van der Waals surface area contributed by atoms with E-state index in [1.165, 1.54) is 24.5 Å². The van der Waals surface area contributed by atoms with Crippen LogP contribution in [0.15, 0.2) is 24.5 Å². The largest absolute Gasteiger partial charge is 0.381 e. The number of halogens is 2. The van der Waals surface area contributed by atoms with Crippen molar-refractivity contribution in [2.45, 2.75) is 44.3 Å². The number of aliphatic hydroxyl groups is 1. The predicted molar refractivity (Wildman–Crippen MR) is 95.8 cm³/mol. The normalized spacial score (nSPS) is 20.5. The second-order valence-corrected chi connectivity index (χ2v) is 6.70. The van der Waals surface area contributed by atoms with Gasteiger partial charge in [-0.05, 0) is 25.0 Å². The second-order valence-electron chi connectivity index (χ2n) is 6.70. The molecule has 3 atom stereocenters. The van der Waals surface area contributed by atoms with Gasteiger partial charge in [0.05, 0.1) is 35.6 Å². The first-order chi connectivity index (χ1) is 13.4. The highest BCUT2D eigenvalue weighted by Crippen LogP contribution is 2.34. The molecule has 2 aromatic heterocycles.